The largest absolute Gasteiger partial charge is 0.467 e. The van der Waals surface area contributed by atoms with E-state index in [0.29, 0.717) is 23.6 Å². The van der Waals surface area contributed by atoms with Gasteiger partial charge in [-0.3, -0.25) is 9.59 Å². The lowest BCUT2D eigenvalue weighted by molar-refractivity contribution is -0.111. The van der Waals surface area contributed by atoms with Crippen LogP contribution in [-0.2, 0) is 11.3 Å². The van der Waals surface area contributed by atoms with Crippen LogP contribution in [0.15, 0.2) is 83.5 Å². The summed E-state index contributed by atoms with van der Waals surface area (Å²) in [5.41, 5.74) is 1.95. The van der Waals surface area contributed by atoms with Crippen molar-refractivity contribution in [2.75, 3.05) is 5.32 Å². The highest BCUT2D eigenvalue weighted by Crippen LogP contribution is 2.11. The van der Waals surface area contributed by atoms with Crippen molar-refractivity contribution in [3.8, 4) is 0 Å². The quantitative estimate of drug-likeness (QED) is 0.666. The van der Waals surface area contributed by atoms with Crippen LogP contribution in [-0.4, -0.2) is 11.8 Å². The molecule has 2 aromatic carbocycles. The summed E-state index contributed by atoms with van der Waals surface area (Å²) in [7, 11) is 0. The van der Waals surface area contributed by atoms with Crippen LogP contribution < -0.4 is 10.6 Å². The smallest absolute Gasteiger partial charge is 0.251 e. The van der Waals surface area contributed by atoms with E-state index < -0.39 is 0 Å². The normalized spacial score (nSPS) is 10.6. The Morgan fingerprint density at radius 2 is 1.81 bits per heavy atom. The van der Waals surface area contributed by atoms with Crippen LogP contribution in [0.1, 0.15) is 21.7 Å². The minimum atomic E-state index is -0.262. The van der Waals surface area contributed by atoms with Gasteiger partial charge in [0.25, 0.3) is 5.91 Å². The lowest BCUT2D eigenvalue weighted by Gasteiger charge is -2.06. The molecule has 0 bridgehead atoms. The number of hydrogen-bond acceptors (Lipinski definition) is 3. The van der Waals surface area contributed by atoms with Crippen LogP contribution in [0, 0.1) is 0 Å². The predicted octanol–water partition coefficient (Wildman–Crippen LogP) is 3.86. The van der Waals surface area contributed by atoms with Gasteiger partial charge in [-0.15, -0.1) is 0 Å². The summed E-state index contributed by atoms with van der Waals surface area (Å²) in [5.74, 6) is 0.174. The maximum absolute atomic E-state index is 12.2. The molecule has 0 atom stereocenters. The molecule has 130 valence electrons. The van der Waals surface area contributed by atoms with Crippen molar-refractivity contribution in [1.29, 1.82) is 0 Å². The van der Waals surface area contributed by atoms with Crippen LogP contribution >= 0.6 is 0 Å². The molecule has 0 aliphatic carbocycles. The third kappa shape index (κ3) is 4.95. The molecule has 0 saturated heterocycles. The predicted molar refractivity (Wildman–Crippen MR) is 100 cm³/mol. The zero-order chi connectivity index (χ0) is 18.2. The molecule has 1 heterocycles. The minimum absolute atomic E-state index is 0.239. The van der Waals surface area contributed by atoms with Gasteiger partial charge in [0, 0.05) is 17.3 Å². The Labute approximate surface area is 151 Å². The minimum Gasteiger partial charge on any atom is -0.467 e. The Morgan fingerprint density at radius 3 is 2.58 bits per heavy atom. The molecule has 0 fully saturated rings. The fourth-order valence-electron chi connectivity index (χ4n) is 2.34. The maximum atomic E-state index is 12.2. The average molecular weight is 346 g/mol. The van der Waals surface area contributed by atoms with Gasteiger partial charge in [0.05, 0.1) is 12.8 Å². The Bertz CT molecular complexity index is 900. The van der Waals surface area contributed by atoms with Crippen molar-refractivity contribution in [3.05, 3.63) is 96.0 Å². The molecule has 3 rings (SSSR count). The summed E-state index contributed by atoms with van der Waals surface area (Å²) < 4.78 is 5.18. The van der Waals surface area contributed by atoms with Gasteiger partial charge >= 0.3 is 0 Å². The van der Waals surface area contributed by atoms with Crippen molar-refractivity contribution in [1.82, 2.24) is 5.32 Å². The van der Waals surface area contributed by atoms with Gasteiger partial charge in [-0.1, -0.05) is 36.4 Å². The summed E-state index contributed by atoms with van der Waals surface area (Å²) >= 11 is 0. The van der Waals surface area contributed by atoms with Gasteiger partial charge in [0.2, 0.25) is 5.91 Å². The zero-order valence-corrected chi connectivity index (χ0v) is 14.0. The number of benzene rings is 2. The molecule has 2 N–H and O–H groups in total. The standard InChI is InChI=1S/C21H18N2O3/c24-20(12-11-16-6-2-1-3-7-16)23-18-9-4-8-17(14-18)21(25)22-15-19-10-5-13-26-19/h1-14H,15H2,(H,22,25)(H,23,24)/b12-11+. The van der Waals surface area contributed by atoms with E-state index in [2.05, 4.69) is 10.6 Å². The molecule has 5 nitrogen and oxygen atoms in total. The van der Waals surface area contributed by atoms with Crippen LogP contribution in [0.5, 0.6) is 0 Å². The molecule has 0 saturated carbocycles. The molecule has 0 radical (unpaired) electrons. The number of carbonyl (C=O) groups excluding carboxylic acids is 2. The van der Waals surface area contributed by atoms with Crippen molar-refractivity contribution >= 4 is 23.6 Å². The Kier molecular flexibility index (Phi) is 5.62. The van der Waals surface area contributed by atoms with Crippen LogP contribution in [0.3, 0.4) is 0 Å². The van der Waals surface area contributed by atoms with Gasteiger partial charge in [-0.25, -0.2) is 0 Å². The molecule has 5 heteroatoms. The van der Waals surface area contributed by atoms with Crippen LogP contribution in [0.25, 0.3) is 6.08 Å². The Hall–Kier alpha value is -3.60. The Morgan fingerprint density at radius 1 is 0.962 bits per heavy atom. The van der Waals surface area contributed by atoms with Gasteiger partial charge in [-0.05, 0) is 42.0 Å². The summed E-state index contributed by atoms with van der Waals surface area (Å²) in [6.07, 6.45) is 4.74. The topological polar surface area (TPSA) is 71.3 Å². The Balaban J connectivity index is 1.58. The summed E-state index contributed by atoms with van der Waals surface area (Å²) in [6, 6.07) is 19.9. The van der Waals surface area contributed by atoms with Gasteiger partial charge in [-0.2, -0.15) is 0 Å². The molecule has 1 aromatic heterocycles. The van der Waals surface area contributed by atoms with E-state index in [0.717, 1.165) is 5.56 Å². The van der Waals surface area contributed by atoms with E-state index >= 15 is 0 Å². The first-order valence-electron chi connectivity index (χ1n) is 8.15. The van der Waals surface area contributed by atoms with Gasteiger partial charge < -0.3 is 15.1 Å². The lowest BCUT2D eigenvalue weighted by atomic mass is 10.2. The first-order valence-corrected chi connectivity index (χ1v) is 8.15. The van der Waals surface area contributed by atoms with Crippen molar-refractivity contribution < 1.29 is 14.0 Å². The SMILES string of the molecule is O=C(/C=C/c1ccccc1)Nc1cccc(C(=O)NCc2ccco2)c1. The van der Waals surface area contributed by atoms with E-state index in [1.54, 1.807) is 48.7 Å². The monoisotopic (exact) mass is 346 g/mol. The molecule has 3 aromatic rings. The number of carbonyl (C=O) groups is 2. The van der Waals surface area contributed by atoms with Gasteiger partial charge in [0.15, 0.2) is 0 Å². The number of anilines is 1. The average Bonchev–Trinajstić information content (AvgIpc) is 3.19. The molecule has 0 aliphatic rings. The highest BCUT2D eigenvalue weighted by molar-refractivity contribution is 6.03. The summed E-state index contributed by atoms with van der Waals surface area (Å²) in [6.45, 7) is 0.308. The second kappa shape index (κ2) is 8.48. The molecular formula is C21H18N2O3. The van der Waals surface area contributed by atoms with E-state index in [-0.39, 0.29) is 11.8 Å². The maximum Gasteiger partial charge on any atom is 0.251 e. The number of rotatable bonds is 6. The van der Waals surface area contributed by atoms with E-state index in [9.17, 15) is 9.59 Å². The molecule has 0 aliphatic heterocycles. The highest BCUT2D eigenvalue weighted by Gasteiger charge is 2.07. The first kappa shape index (κ1) is 17.2. The number of hydrogen-bond donors (Lipinski definition) is 2. The number of amides is 2. The lowest BCUT2D eigenvalue weighted by Crippen LogP contribution is -2.22. The number of furan rings is 1. The molecular weight excluding hydrogens is 328 g/mol. The third-order valence-electron chi connectivity index (χ3n) is 3.62. The molecule has 0 unspecified atom stereocenters. The van der Waals surface area contributed by atoms with Crippen molar-refractivity contribution in [2.45, 2.75) is 6.54 Å². The van der Waals surface area contributed by atoms with E-state index in [1.807, 2.05) is 30.3 Å². The van der Waals surface area contributed by atoms with Crippen molar-refractivity contribution in [2.24, 2.45) is 0 Å². The van der Waals surface area contributed by atoms with Gasteiger partial charge in [0.1, 0.15) is 5.76 Å². The second-order valence-corrected chi connectivity index (χ2v) is 5.58. The summed E-state index contributed by atoms with van der Waals surface area (Å²) in [4.78, 5) is 24.2. The first-order chi connectivity index (χ1) is 12.7. The summed E-state index contributed by atoms with van der Waals surface area (Å²) in [5, 5.41) is 5.52. The van der Waals surface area contributed by atoms with Crippen LogP contribution in [0.4, 0.5) is 5.69 Å². The fourth-order valence-corrected chi connectivity index (χ4v) is 2.34. The molecule has 0 spiro atoms. The highest BCUT2D eigenvalue weighted by atomic mass is 16.3. The molecule has 26 heavy (non-hydrogen) atoms. The second-order valence-electron chi connectivity index (χ2n) is 5.58. The van der Waals surface area contributed by atoms with Crippen LogP contribution in [0.2, 0.25) is 0 Å². The number of nitrogens with one attached hydrogen (secondary N) is 2. The van der Waals surface area contributed by atoms with Crippen molar-refractivity contribution in [3.63, 3.8) is 0 Å². The van der Waals surface area contributed by atoms with E-state index in [1.165, 1.54) is 6.08 Å². The third-order valence-corrected chi connectivity index (χ3v) is 3.62. The molecule has 2 amide bonds. The fraction of sp³-hybridized carbons (Fsp3) is 0.0476. The van der Waals surface area contributed by atoms with E-state index in [4.69, 9.17) is 4.42 Å². The zero-order valence-electron chi connectivity index (χ0n) is 14.0.